The Bertz CT molecular complexity index is 625. The summed E-state index contributed by atoms with van der Waals surface area (Å²) >= 11 is 0. The average Bonchev–Trinajstić information content (AvgIpc) is 2.28. The Morgan fingerprint density at radius 3 is 2.17 bits per heavy atom. The van der Waals surface area contributed by atoms with Crippen molar-refractivity contribution in [2.75, 3.05) is 12.8 Å². The minimum absolute atomic E-state index is 0.601. The van der Waals surface area contributed by atoms with Gasteiger partial charge < -0.3 is 5.73 Å². The number of nitrogen functional groups attached to an aromatic ring is 1. The zero-order valence-electron chi connectivity index (χ0n) is 8.98. The molecular weight excluding hydrogens is 268 g/mol. The molecule has 0 bridgehead atoms. The number of rotatable bonds is 4. The van der Waals surface area contributed by atoms with Crippen LogP contribution in [0.5, 0.6) is 0 Å². The molecule has 0 heterocycles. The molecule has 0 amide bonds. The average molecular weight is 276 g/mol. The van der Waals surface area contributed by atoms with Crippen LogP contribution in [-0.2, 0) is 10.0 Å². The van der Waals surface area contributed by atoms with Gasteiger partial charge in [-0.05, 0) is 7.05 Å². The zero-order valence-corrected chi connectivity index (χ0v) is 9.80. The molecule has 0 aliphatic carbocycles. The summed E-state index contributed by atoms with van der Waals surface area (Å²) in [6.45, 7) is 0. The fourth-order valence-corrected chi connectivity index (χ4v) is 2.08. The third-order valence-electron chi connectivity index (χ3n) is 2.07. The molecule has 0 radical (unpaired) electrons. The van der Waals surface area contributed by atoms with Crippen LogP contribution in [-0.4, -0.2) is 25.3 Å². The second-order valence-corrected chi connectivity index (χ2v) is 4.95. The number of sulfonamides is 1. The van der Waals surface area contributed by atoms with Crippen molar-refractivity contribution in [3.63, 3.8) is 0 Å². The lowest BCUT2D eigenvalue weighted by Crippen LogP contribution is -2.20. The van der Waals surface area contributed by atoms with Crippen LogP contribution in [0.25, 0.3) is 0 Å². The van der Waals surface area contributed by atoms with Gasteiger partial charge in [0.15, 0.2) is 0 Å². The molecule has 0 aliphatic rings. The van der Waals surface area contributed by atoms with Crippen molar-refractivity contribution in [1.82, 2.24) is 4.72 Å². The Hall–Kier alpha value is -2.27. The summed E-state index contributed by atoms with van der Waals surface area (Å²) in [6, 6.07) is 1.26. The maximum absolute atomic E-state index is 11.5. The highest BCUT2D eigenvalue weighted by molar-refractivity contribution is 7.89. The molecule has 98 valence electrons. The number of benzene rings is 1. The van der Waals surface area contributed by atoms with Gasteiger partial charge >= 0.3 is 0 Å². The lowest BCUT2D eigenvalue weighted by atomic mass is 10.2. The topological polar surface area (TPSA) is 158 Å². The van der Waals surface area contributed by atoms with Gasteiger partial charge in [0.1, 0.15) is 10.6 Å². The van der Waals surface area contributed by atoms with E-state index in [1.54, 1.807) is 0 Å². The van der Waals surface area contributed by atoms with E-state index in [1.165, 1.54) is 0 Å². The summed E-state index contributed by atoms with van der Waals surface area (Å²) in [6.07, 6.45) is 0. The normalized spacial score (nSPS) is 11.2. The van der Waals surface area contributed by atoms with Crippen molar-refractivity contribution in [2.45, 2.75) is 4.90 Å². The van der Waals surface area contributed by atoms with Crippen LogP contribution in [0, 0.1) is 20.2 Å². The lowest BCUT2D eigenvalue weighted by Gasteiger charge is -2.06. The highest BCUT2D eigenvalue weighted by Crippen LogP contribution is 2.33. The van der Waals surface area contributed by atoms with Crippen LogP contribution in [0.3, 0.4) is 0 Å². The fourth-order valence-electron chi connectivity index (χ4n) is 1.19. The molecule has 1 aromatic rings. The van der Waals surface area contributed by atoms with Gasteiger partial charge in [-0.2, -0.15) is 0 Å². The van der Waals surface area contributed by atoms with Crippen molar-refractivity contribution in [3.05, 3.63) is 32.4 Å². The van der Waals surface area contributed by atoms with Gasteiger partial charge in [-0.1, -0.05) is 0 Å². The van der Waals surface area contributed by atoms with Crippen LogP contribution in [0.15, 0.2) is 17.0 Å². The Balaban J connectivity index is 3.72. The third kappa shape index (κ3) is 2.36. The number of nitrogens with one attached hydrogen (secondary N) is 1. The predicted octanol–water partition coefficient (Wildman–Crippen LogP) is -0.00670. The zero-order chi connectivity index (χ0) is 14.1. The lowest BCUT2D eigenvalue weighted by molar-refractivity contribution is -0.393. The summed E-state index contributed by atoms with van der Waals surface area (Å²) in [5.74, 6) is 0. The molecule has 3 N–H and O–H groups in total. The van der Waals surface area contributed by atoms with E-state index in [0.29, 0.717) is 12.1 Å². The SMILES string of the molecule is CNS(=O)(=O)c1cc([N+](=O)[O-])cc([N+](=O)[O-])c1N. The quantitative estimate of drug-likeness (QED) is 0.444. The minimum atomic E-state index is -4.12. The molecule has 0 aromatic heterocycles. The summed E-state index contributed by atoms with van der Waals surface area (Å²) < 4.78 is 24.9. The number of hydrogen-bond donors (Lipinski definition) is 2. The molecule has 0 spiro atoms. The number of nitrogens with two attached hydrogens (primary N) is 1. The van der Waals surface area contributed by atoms with Crippen molar-refractivity contribution in [2.24, 2.45) is 0 Å². The smallest absolute Gasteiger partial charge is 0.300 e. The van der Waals surface area contributed by atoms with Gasteiger partial charge in [0.25, 0.3) is 11.4 Å². The molecule has 1 rings (SSSR count). The Labute approximate surface area is 101 Å². The van der Waals surface area contributed by atoms with Gasteiger partial charge in [0, 0.05) is 6.07 Å². The maximum atomic E-state index is 11.5. The maximum Gasteiger partial charge on any atom is 0.300 e. The van der Waals surface area contributed by atoms with Crippen LogP contribution in [0.4, 0.5) is 17.1 Å². The Kier molecular flexibility index (Phi) is 3.48. The van der Waals surface area contributed by atoms with Gasteiger partial charge in [-0.3, -0.25) is 20.2 Å². The number of nitro groups is 2. The van der Waals surface area contributed by atoms with Gasteiger partial charge in [0.2, 0.25) is 10.0 Å². The van der Waals surface area contributed by atoms with Crippen LogP contribution in [0.1, 0.15) is 0 Å². The van der Waals surface area contributed by atoms with Crippen LogP contribution in [0.2, 0.25) is 0 Å². The van der Waals surface area contributed by atoms with E-state index in [1.807, 2.05) is 4.72 Å². The highest BCUT2D eigenvalue weighted by atomic mass is 32.2. The van der Waals surface area contributed by atoms with Crippen LogP contribution >= 0.6 is 0 Å². The number of nitro benzene ring substituents is 2. The van der Waals surface area contributed by atoms with Crippen molar-refractivity contribution in [1.29, 1.82) is 0 Å². The second-order valence-electron chi connectivity index (χ2n) is 3.10. The van der Waals surface area contributed by atoms with E-state index in [0.717, 1.165) is 7.05 Å². The van der Waals surface area contributed by atoms with E-state index in [2.05, 4.69) is 0 Å². The van der Waals surface area contributed by atoms with Crippen molar-refractivity contribution >= 4 is 27.1 Å². The first-order valence-electron chi connectivity index (χ1n) is 4.36. The van der Waals surface area contributed by atoms with Gasteiger partial charge in [-0.15, -0.1) is 0 Å². The number of non-ortho nitro benzene ring substituents is 1. The molecule has 10 nitrogen and oxygen atoms in total. The molecule has 0 atom stereocenters. The van der Waals surface area contributed by atoms with Crippen LogP contribution < -0.4 is 10.5 Å². The molecular formula is C7H8N4O6S. The van der Waals surface area contributed by atoms with Crippen molar-refractivity contribution in [3.8, 4) is 0 Å². The first kappa shape index (κ1) is 13.8. The molecule has 11 heteroatoms. The standard InChI is InChI=1S/C7H8N4O6S/c1-9-18(16,17)6-3-4(10(12)13)2-5(7(6)8)11(14)15/h2-3,9H,8H2,1H3. The number of hydrogen-bond acceptors (Lipinski definition) is 7. The summed E-state index contributed by atoms with van der Waals surface area (Å²) in [5, 5.41) is 21.2. The van der Waals surface area contributed by atoms with E-state index < -0.39 is 41.8 Å². The molecule has 1 aromatic carbocycles. The molecule has 0 fully saturated rings. The molecule has 0 saturated carbocycles. The largest absolute Gasteiger partial charge is 0.392 e. The Morgan fingerprint density at radius 2 is 1.78 bits per heavy atom. The first-order chi connectivity index (χ1) is 8.20. The van der Waals surface area contributed by atoms with Gasteiger partial charge in [-0.25, -0.2) is 13.1 Å². The van der Waals surface area contributed by atoms with E-state index in [9.17, 15) is 28.6 Å². The molecule has 18 heavy (non-hydrogen) atoms. The number of anilines is 1. The highest BCUT2D eigenvalue weighted by Gasteiger charge is 2.28. The van der Waals surface area contributed by atoms with E-state index in [4.69, 9.17) is 5.73 Å². The first-order valence-corrected chi connectivity index (χ1v) is 5.85. The monoisotopic (exact) mass is 276 g/mol. The summed E-state index contributed by atoms with van der Waals surface area (Å²) in [4.78, 5) is 18.6. The van der Waals surface area contributed by atoms with Gasteiger partial charge in [0.05, 0.1) is 15.9 Å². The molecule has 0 unspecified atom stereocenters. The Morgan fingerprint density at radius 1 is 1.22 bits per heavy atom. The second kappa shape index (κ2) is 4.54. The van der Waals surface area contributed by atoms with E-state index in [-0.39, 0.29) is 0 Å². The number of nitrogens with zero attached hydrogens (tertiary/aromatic N) is 2. The minimum Gasteiger partial charge on any atom is -0.392 e. The molecule has 0 aliphatic heterocycles. The predicted molar refractivity (Wildman–Crippen MR) is 60.4 cm³/mol. The summed E-state index contributed by atoms with van der Waals surface area (Å²) in [7, 11) is -3.07. The van der Waals surface area contributed by atoms with Crippen molar-refractivity contribution < 1.29 is 18.3 Å². The fraction of sp³-hybridized carbons (Fsp3) is 0.143. The molecule has 0 saturated heterocycles. The third-order valence-corrected chi connectivity index (χ3v) is 3.53. The summed E-state index contributed by atoms with van der Waals surface area (Å²) in [5.41, 5.74) is 3.11. The van der Waals surface area contributed by atoms with E-state index >= 15 is 0 Å².